The summed E-state index contributed by atoms with van der Waals surface area (Å²) in [6.45, 7) is 0. The summed E-state index contributed by atoms with van der Waals surface area (Å²) in [6.07, 6.45) is 1.44. The number of ether oxygens (including phenoxy) is 1. The van der Waals surface area contributed by atoms with Gasteiger partial charge in [-0.2, -0.15) is 10.4 Å². The van der Waals surface area contributed by atoms with Crippen molar-refractivity contribution in [3.8, 4) is 11.9 Å². The van der Waals surface area contributed by atoms with E-state index in [2.05, 4.69) is 15.4 Å². The minimum atomic E-state index is 0.388. The number of nitrogens with one attached hydrogen (secondary N) is 1. The highest BCUT2D eigenvalue weighted by atomic mass is 16.5. The molecule has 2 heterocycles. The molecule has 0 saturated carbocycles. The Balaban J connectivity index is 2.26. The van der Waals surface area contributed by atoms with Crippen molar-refractivity contribution in [2.24, 2.45) is 7.05 Å². The molecule has 0 bridgehead atoms. The van der Waals surface area contributed by atoms with Crippen molar-refractivity contribution in [3.05, 3.63) is 23.9 Å². The number of methoxy groups -OCH3 is 1. The van der Waals surface area contributed by atoms with Crippen molar-refractivity contribution in [3.63, 3.8) is 0 Å². The first-order valence-corrected chi connectivity index (χ1v) is 5.14. The van der Waals surface area contributed by atoms with Gasteiger partial charge in [-0.3, -0.25) is 0 Å². The number of anilines is 3. The number of pyridine rings is 1. The molecule has 2 rings (SSSR count). The van der Waals surface area contributed by atoms with Gasteiger partial charge in [-0.25, -0.2) is 9.67 Å². The normalized spacial score (nSPS) is 9.83. The zero-order chi connectivity index (χ0) is 13.1. The molecule has 0 saturated heterocycles. The summed E-state index contributed by atoms with van der Waals surface area (Å²) in [6, 6.07) is 5.24. The summed E-state index contributed by atoms with van der Waals surface area (Å²) in [5, 5.41) is 15.9. The third kappa shape index (κ3) is 2.17. The standard InChI is InChI=1S/C11H12N6O/c1-17-10(18-2)4-9(16-17)15-11-8(13)3-7(5-12)6-14-11/h3-4,6H,13H2,1-2H3,(H,14,15,16). The Kier molecular flexibility index (Phi) is 3.02. The zero-order valence-electron chi connectivity index (χ0n) is 10.0. The summed E-state index contributed by atoms with van der Waals surface area (Å²) in [5.41, 5.74) is 6.58. The second-order valence-corrected chi connectivity index (χ2v) is 3.59. The Morgan fingerprint density at radius 2 is 2.28 bits per heavy atom. The molecule has 0 radical (unpaired) electrons. The Bertz CT molecular complexity index is 612. The molecule has 7 nitrogen and oxygen atoms in total. The lowest BCUT2D eigenvalue weighted by Crippen LogP contribution is -2.01. The second kappa shape index (κ2) is 4.63. The number of rotatable bonds is 3. The molecule has 92 valence electrons. The highest BCUT2D eigenvalue weighted by Crippen LogP contribution is 2.23. The van der Waals surface area contributed by atoms with E-state index < -0.39 is 0 Å². The maximum atomic E-state index is 8.72. The monoisotopic (exact) mass is 244 g/mol. The molecule has 0 amide bonds. The molecule has 0 atom stereocenters. The molecule has 0 aromatic carbocycles. The first-order chi connectivity index (χ1) is 8.63. The van der Waals surface area contributed by atoms with Crippen LogP contribution in [-0.4, -0.2) is 21.9 Å². The van der Waals surface area contributed by atoms with Crippen LogP contribution in [0.15, 0.2) is 18.3 Å². The van der Waals surface area contributed by atoms with E-state index in [-0.39, 0.29) is 0 Å². The highest BCUT2D eigenvalue weighted by molar-refractivity contribution is 5.68. The van der Waals surface area contributed by atoms with Gasteiger partial charge in [0.1, 0.15) is 6.07 Å². The molecule has 0 unspecified atom stereocenters. The molecular formula is C11H12N6O. The molecule has 18 heavy (non-hydrogen) atoms. The number of aromatic nitrogens is 3. The Hall–Kier alpha value is -2.75. The van der Waals surface area contributed by atoms with Crippen molar-refractivity contribution in [2.45, 2.75) is 0 Å². The Morgan fingerprint density at radius 3 is 2.83 bits per heavy atom. The smallest absolute Gasteiger partial charge is 0.213 e. The van der Waals surface area contributed by atoms with E-state index in [9.17, 15) is 0 Å². The third-order valence-electron chi connectivity index (χ3n) is 2.34. The van der Waals surface area contributed by atoms with Crippen molar-refractivity contribution >= 4 is 17.3 Å². The van der Waals surface area contributed by atoms with Crippen LogP contribution in [0.25, 0.3) is 0 Å². The molecule has 2 aromatic heterocycles. The predicted octanol–water partition coefficient (Wildman–Crippen LogP) is 1.02. The van der Waals surface area contributed by atoms with Gasteiger partial charge >= 0.3 is 0 Å². The lowest BCUT2D eigenvalue weighted by atomic mass is 10.3. The molecule has 0 aliphatic carbocycles. The van der Waals surface area contributed by atoms with Crippen molar-refractivity contribution in [1.29, 1.82) is 5.26 Å². The third-order valence-corrected chi connectivity index (χ3v) is 2.34. The summed E-state index contributed by atoms with van der Waals surface area (Å²) >= 11 is 0. The van der Waals surface area contributed by atoms with Gasteiger partial charge in [-0.1, -0.05) is 0 Å². The number of hydrogen-bond acceptors (Lipinski definition) is 6. The SMILES string of the molecule is COc1cc(Nc2ncc(C#N)cc2N)nn1C. The number of nitrogens with two attached hydrogens (primary N) is 1. The Labute approximate surface area is 104 Å². The van der Waals surface area contributed by atoms with Crippen LogP contribution in [0.5, 0.6) is 5.88 Å². The van der Waals surface area contributed by atoms with Crippen molar-refractivity contribution < 1.29 is 4.74 Å². The maximum Gasteiger partial charge on any atom is 0.213 e. The van der Waals surface area contributed by atoms with E-state index in [0.717, 1.165) is 0 Å². The lowest BCUT2D eigenvalue weighted by molar-refractivity contribution is 0.373. The van der Waals surface area contributed by atoms with Gasteiger partial charge in [0.2, 0.25) is 5.88 Å². The largest absolute Gasteiger partial charge is 0.481 e. The molecule has 3 N–H and O–H groups in total. The summed E-state index contributed by atoms with van der Waals surface area (Å²) in [7, 11) is 3.33. The van der Waals surface area contributed by atoms with Crippen LogP contribution in [0, 0.1) is 11.3 Å². The average molecular weight is 244 g/mol. The fourth-order valence-corrected chi connectivity index (χ4v) is 1.47. The van der Waals surface area contributed by atoms with Crippen LogP contribution in [0.4, 0.5) is 17.3 Å². The molecule has 2 aromatic rings. The van der Waals surface area contributed by atoms with E-state index in [4.69, 9.17) is 15.7 Å². The minimum absolute atomic E-state index is 0.388. The molecule has 0 aliphatic heterocycles. The molecule has 0 fully saturated rings. The summed E-state index contributed by atoms with van der Waals surface area (Å²) in [5.74, 6) is 1.64. The number of nitriles is 1. The Morgan fingerprint density at radius 1 is 1.50 bits per heavy atom. The first kappa shape index (κ1) is 11.7. The van der Waals surface area contributed by atoms with Gasteiger partial charge in [0.25, 0.3) is 0 Å². The lowest BCUT2D eigenvalue weighted by Gasteiger charge is -2.04. The van der Waals surface area contributed by atoms with Gasteiger partial charge in [-0.05, 0) is 6.07 Å². The fourth-order valence-electron chi connectivity index (χ4n) is 1.47. The minimum Gasteiger partial charge on any atom is -0.481 e. The molecular weight excluding hydrogens is 232 g/mol. The molecule has 0 aliphatic rings. The van der Waals surface area contributed by atoms with E-state index in [0.29, 0.717) is 28.8 Å². The van der Waals surface area contributed by atoms with Crippen LogP contribution in [0.2, 0.25) is 0 Å². The van der Waals surface area contributed by atoms with Crippen LogP contribution >= 0.6 is 0 Å². The van der Waals surface area contributed by atoms with Crippen LogP contribution in [0.1, 0.15) is 5.56 Å². The molecule has 7 heteroatoms. The highest BCUT2D eigenvalue weighted by Gasteiger charge is 2.08. The van der Waals surface area contributed by atoms with Gasteiger partial charge in [-0.15, -0.1) is 0 Å². The van der Waals surface area contributed by atoms with E-state index in [1.165, 1.54) is 6.20 Å². The van der Waals surface area contributed by atoms with E-state index >= 15 is 0 Å². The number of nitrogens with zero attached hydrogens (tertiary/aromatic N) is 4. The van der Waals surface area contributed by atoms with E-state index in [1.807, 2.05) is 6.07 Å². The van der Waals surface area contributed by atoms with Crippen LogP contribution in [-0.2, 0) is 7.05 Å². The van der Waals surface area contributed by atoms with Gasteiger partial charge in [0, 0.05) is 19.3 Å². The van der Waals surface area contributed by atoms with Crippen molar-refractivity contribution in [2.75, 3.05) is 18.2 Å². The molecule has 0 spiro atoms. The van der Waals surface area contributed by atoms with Crippen LogP contribution in [0.3, 0.4) is 0 Å². The average Bonchev–Trinajstić information content (AvgIpc) is 2.72. The second-order valence-electron chi connectivity index (χ2n) is 3.59. The first-order valence-electron chi connectivity index (χ1n) is 5.14. The summed E-state index contributed by atoms with van der Waals surface area (Å²) < 4.78 is 6.68. The van der Waals surface area contributed by atoms with Crippen molar-refractivity contribution in [1.82, 2.24) is 14.8 Å². The van der Waals surface area contributed by atoms with Gasteiger partial charge in [0.15, 0.2) is 11.6 Å². The van der Waals surface area contributed by atoms with E-state index in [1.54, 1.807) is 31.0 Å². The topological polar surface area (TPSA) is 102 Å². The number of nitrogen functional groups attached to an aromatic ring is 1. The van der Waals surface area contributed by atoms with Crippen LogP contribution < -0.4 is 15.8 Å². The number of aryl methyl sites for hydroxylation is 1. The number of hydrogen-bond donors (Lipinski definition) is 2. The quantitative estimate of drug-likeness (QED) is 0.835. The zero-order valence-corrected chi connectivity index (χ0v) is 10.0. The fraction of sp³-hybridized carbons (Fsp3) is 0.182. The predicted molar refractivity (Wildman–Crippen MR) is 66.4 cm³/mol. The van der Waals surface area contributed by atoms with Gasteiger partial charge < -0.3 is 15.8 Å². The summed E-state index contributed by atoms with van der Waals surface area (Å²) in [4.78, 5) is 4.06. The maximum absolute atomic E-state index is 8.72. The van der Waals surface area contributed by atoms with Gasteiger partial charge in [0.05, 0.1) is 18.4 Å².